The molecule has 86 valence electrons. The van der Waals surface area contributed by atoms with Gasteiger partial charge in [-0.05, 0) is 24.1 Å². The molecule has 1 rings (SSSR count). The molecule has 1 aromatic rings. The van der Waals surface area contributed by atoms with E-state index in [2.05, 4.69) is 9.89 Å². The molecule has 0 bridgehead atoms. The monoisotopic (exact) mass is 241 g/mol. The molecule has 0 aliphatic carbocycles. The van der Waals surface area contributed by atoms with Crippen LogP contribution in [0.25, 0.3) is 0 Å². The van der Waals surface area contributed by atoms with Gasteiger partial charge < -0.3 is 9.94 Å². The molecular formula is C11H12ClNO3. The third-order valence-corrected chi connectivity index (χ3v) is 2.32. The molecule has 0 fully saturated rings. The van der Waals surface area contributed by atoms with Crippen molar-refractivity contribution in [3.8, 4) is 0 Å². The van der Waals surface area contributed by atoms with Gasteiger partial charge in [-0.1, -0.05) is 28.9 Å². The number of carbonyl (C=O) groups excluding carboxylic acids is 1. The lowest BCUT2D eigenvalue weighted by molar-refractivity contribution is -0.133. The number of oxime groups is 1. The molecule has 1 N–H and O–H groups in total. The minimum atomic E-state index is -0.621. The minimum absolute atomic E-state index is 0.00229. The minimum Gasteiger partial charge on any atom is -0.464 e. The second-order valence-electron chi connectivity index (χ2n) is 3.17. The van der Waals surface area contributed by atoms with Crippen molar-refractivity contribution >= 4 is 23.3 Å². The fourth-order valence-corrected chi connectivity index (χ4v) is 1.48. The summed E-state index contributed by atoms with van der Waals surface area (Å²) in [4.78, 5) is 11.1. The zero-order valence-corrected chi connectivity index (χ0v) is 9.57. The molecule has 0 aliphatic heterocycles. The third kappa shape index (κ3) is 3.55. The summed E-state index contributed by atoms with van der Waals surface area (Å²) in [5, 5.41) is 12.2. The summed E-state index contributed by atoms with van der Waals surface area (Å²) in [7, 11) is 1.24. The van der Waals surface area contributed by atoms with Crippen molar-refractivity contribution in [1.82, 2.24) is 0 Å². The molecular weight excluding hydrogens is 230 g/mol. The van der Waals surface area contributed by atoms with Gasteiger partial charge in [0.2, 0.25) is 0 Å². The van der Waals surface area contributed by atoms with Crippen LogP contribution in [0.1, 0.15) is 12.0 Å². The highest BCUT2D eigenvalue weighted by molar-refractivity contribution is 6.36. The van der Waals surface area contributed by atoms with Crippen LogP contribution in [-0.2, 0) is 16.0 Å². The van der Waals surface area contributed by atoms with E-state index in [4.69, 9.17) is 16.8 Å². The molecule has 16 heavy (non-hydrogen) atoms. The number of nitrogens with zero attached hydrogens (tertiary/aromatic N) is 1. The number of hydrogen-bond donors (Lipinski definition) is 1. The Labute approximate surface area is 98.5 Å². The fraction of sp³-hybridized carbons (Fsp3) is 0.273. The highest BCUT2D eigenvalue weighted by Crippen LogP contribution is 2.12. The molecule has 0 aliphatic rings. The zero-order chi connectivity index (χ0) is 12.0. The molecule has 0 amide bonds. The molecule has 0 heterocycles. The number of rotatable bonds is 4. The maximum atomic E-state index is 11.1. The fourth-order valence-electron chi connectivity index (χ4n) is 1.27. The average Bonchev–Trinajstić information content (AvgIpc) is 2.29. The van der Waals surface area contributed by atoms with Crippen LogP contribution in [0.5, 0.6) is 0 Å². The van der Waals surface area contributed by atoms with Crippen LogP contribution in [0, 0.1) is 0 Å². The van der Waals surface area contributed by atoms with E-state index >= 15 is 0 Å². The first-order chi connectivity index (χ1) is 7.67. The number of halogens is 1. The Hall–Kier alpha value is -1.55. The molecule has 1 aromatic carbocycles. The van der Waals surface area contributed by atoms with Crippen LogP contribution >= 0.6 is 11.6 Å². The van der Waals surface area contributed by atoms with Crippen molar-refractivity contribution in [2.45, 2.75) is 12.8 Å². The highest BCUT2D eigenvalue weighted by Gasteiger charge is 2.12. The lowest BCUT2D eigenvalue weighted by atomic mass is 10.1. The largest absolute Gasteiger partial charge is 0.464 e. The van der Waals surface area contributed by atoms with Gasteiger partial charge in [-0.25, -0.2) is 4.79 Å². The zero-order valence-electron chi connectivity index (χ0n) is 8.81. The molecule has 0 spiro atoms. The van der Waals surface area contributed by atoms with Crippen LogP contribution < -0.4 is 0 Å². The van der Waals surface area contributed by atoms with E-state index in [0.29, 0.717) is 17.9 Å². The van der Waals surface area contributed by atoms with E-state index < -0.39 is 5.97 Å². The van der Waals surface area contributed by atoms with Crippen molar-refractivity contribution < 1.29 is 14.7 Å². The van der Waals surface area contributed by atoms with Gasteiger partial charge in [-0.3, -0.25) is 0 Å². The molecule has 0 atom stereocenters. The van der Waals surface area contributed by atoms with Crippen molar-refractivity contribution in [2.75, 3.05) is 7.11 Å². The topological polar surface area (TPSA) is 58.9 Å². The second-order valence-corrected chi connectivity index (χ2v) is 3.60. The number of carbonyl (C=O) groups is 1. The van der Waals surface area contributed by atoms with Gasteiger partial charge in [0.05, 0.1) is 7.11 Å². The van der Waals surface area contributed by atoms with Crippen LogP contribution in [0.4, 0.5) is 0 Å². The van der Waals surface area contributed by atoms with Crippen molar-refractivity contribution in [1.29, 1.82) is 0 Å². The van der Waals surface area contributed by atoms with E-state index in [1.807, 2.05) is 12.1 Å². The number of ether oxygens (including phenoxy) is 1. The summed E-state index contributed by atoms with van der Waals surface area (Å²) in [6.07, 6.45) is 0.874. The Kier molecular flexibility index (Phi) is 4.79. The number of hydrogen-bond acceptors (Lipinski definition) is 4. The van der Waals surface area contributed by atoms with Crippen molar-refractivity contribution in [3.05, 3.63) is 34.9 Å². The maximum Gasteiger partial charge on any atom is 0.355 e. The first-order valence-electron chi connectivity index (χ1n) is 4.71. The Balaban J connectivity index is 2.60. The number of esters is 1. The third-order valence-electron chi connectivity index (χ3n) is 2.08. The van der Waals surface area contributed by atoms with Gasteiger partial charge in [0.15, 0.2) is 5.71 Å². The lowest BCUT2D eigenvalue weighted by Gasteiger charge is -2.03. The summed E-state index contributed by atoms with van der Waals surface area (Å²) in [6.45, 7) is 0. The first kappa shape index (κ1) is 12.5. The summed E-state index contributed by atoms with van der Waals surface area (Å²) in [5.74, 6) is -0.621. The summed E-state index contributed by atoms with van der Waals surface area (Å²) in [5.41, 5.74) is 0.972. The summed E-state index contributed by atoms with van der Waals surface area (Å²) in [6, 6.07) is 7.28. The van der Waals surface area contributed by atoms with Gasteiger partial charge in [0, 0.05) is 11.4 Å². The molecule has 0 aromatic heterocycles. The van der Waals surface area contributed by atoms with Crippen LogP contribution in [0.15, 0.2) is 29.4 Å². The Morgan fingerprint density at radius 2 is 2.31 bits per heavy atom. The molecule has 5 heteroatoms. The predicted octanol–water partition coefficient (Wildman–Crippen LogP) is 2.28. The summed E-state index contributed by atoms with van der Waals surface area (Å²) >= 11 is 5.81. The van der Waals surface area contributed by atoms with Crippen LogP contribution in [-0.4, -0.2) is 24.0 Å². The van der Waals surface area contributed by atoms with Gasteiger partial charge in [-0.2, -0.15) is 0 Å². The standard InChI is InChI=1S/C11H12ClNO3/c1-16-11(14)10(13-15)6-5-8-3-2-4-9(12)7-8/h2-4,7,15H,5-6H2,1H3. The predicted molar refractivity (Wildman–Crippen MR) is 61.0 cm³/mol. The Morgan fingerprint density at radius 3 is 2.88 bits per heavy atom. The van der Waals surface area contributed by atoms with E-state index in [-0.39, 0.29) is 5.71 Å². The average molecular weight is 242 g/mol. The van der Waals surface area contributed by atoms with Crippen molar-refractivity contribution in [3.63, 3.8) is 0 Å². The SMILES string of the molecule is COC(=O)C(CCc1cccc(Cl)c1)=NO. The normalized spacial score (nSPS) is 11.2. The van der Waals surface area contributed by atoms with E-state index in [1.165, 1.54) is 7.11 Å². The Bertz CT molecular complexity index is 404. The highest BCUT2D eigenvalue weighted by atomic mass is 35.5. The van der Waals surface area contributed by atoms with Gasteiger partial charge in [-0.15, -0.1) is 0 Å². The number of aryl methyl sites for hydroxylation is 1. The quantitative estimate of drug-likeness (QED) is 0.381. The smallest absolute Gasteiger partial charge is 0.355 e. The summed E-state index contributed by atoms with van der Waals surface area (Å²) < 4.78 is 4.46. The maximum absolute atomic E-state index is 11.1. The van der Waals surface area contributed by atoms with Crippen LogP contribution in [0.2, 0.25) is 5.02 Å². The van der Waals surface area contributed by atoms with Gasteiger partial charge >= 0.3 is 5.97 Å². The van der Waals surface area contributed by atoms with Crippen molar-refractivity contribution in [2.24, 2.45) is 5.16 Å². The van der Waals surface area contributed by atoms with E-state index in [1.54, 1.807) is 12.1 Å². The molecule has 0 saturated heterocycles. The molecule has 0 radical (unpaired) electrons. The van der Waals surface area contributed by atoms with Gasteiger partial charge in [0.25, 0.3) is 0 Å². The van der Waals surface area contributed by atoms with Gasteiger partial charge in [0.1, 0.15) is 0 Å². The molecule has 0 saturated carbocycles. The lowest BCUT2D eigenvalue weighted by Crippen LogP contribution is -2.16. The molecule has 0 unspecified atom stereocenters. The second kappa shape index (κ2) is 6.12. The number of methoxy groups -OCH3 is 1. The molecule has 4 nitrogen and oxygen atoms in total. The number of benzene rings is 1. The van der Waals surface area contributed by atoms with E-state index in [9.17, 15) is 4.79 Å². The van der Waals surface area contributed by atoms with Crippen LogP contribution in [0.3, 0.4) is 0 Å². The van der Waals surface area contributed by atoms with E-state index in [0.717, 1.165) is 5.56 Å². The first-order valence-corrected chi connectivity index (χ1v) is 5.09. The Morgan fingerprint density at radius 1 is 1.56 bits per heavy atom.